The second kappa shape index (κ2) is 6.27. The van der Waals surface area contributed by atoms with Gasteiger partial charge in [-0.2, -0.15) is 0 Å². The molecule has 4 saturated carbocycles. The number of hydrogen-bond acceptors (Lipinski definition) is 5. The van der Waals surface area contributed by atoms with Gasteiger partial charge in [0.15, 0.2) is 0 Å². The second-order valence-corrected chi connectivity index (χ2v) is 10.8. The highest BCUT2D eigenvalue weighted by Gasteiger charge is 2.66. The van der Waals surface area contributed by atoms with Crippen LogP contribution in [0.15, 0.2) is 27.6 Å². The molecule has 5 nitrogen and oxygen atoms in total. The Bertz CT molecular complexity index is 871. The second-order valence-electron chi connectivity index (χ2n) is 10.8. The summed E-state index contributed by atoms with van der Waals surface area (Å²) >= 11 is 0. The zero-order valence-electron chi connectivity index (χ0n) is 17.4. The van der Waals surface area contributed by atoms with Gasteiger partial charge in [-0.15, -0.1) is 0 Å². The van der Waals surface area contributed by atoms with Crippen LogP contribution >= 0.6 is 0 Å². The highest BCUT2D eigenvalue weighted by molar-refractivity contribution is 5.86. The molecule has 0 bridgehead atoms. The van der Waals surface area contributed by atoms with E-state index in [-0.39, 0.29) is 28.3 Å². The maximum absolute atomic E-state index is 13.3. The van der Waals surface area contributed by atoms with Crippen molar-refractivity contribution >= 4 is 5.78 Å². The summed E-state index contributed by atoms with van der Waals surface area (Å²) in [5, 5.41) is 21.7. The van der Waals surface area contributed by atoms with Crippen LogP contribution < -0.4 is 5.63 Å². The van der Waals surface area contributed by atoms with Crippen molar-refractivity contribution in [1.29, 1.82) is 0 Å². The Kier molecular flexibility index (Phi) is 4.22. The van der Waals surface area contributed by atoms with Gasteiger partial charge in [0.1, 0.15) is 5.78 Å². The fourth-order valence-electron chi connectivity index (χ4n) is 8.09. The Hall–Kier alpha value is -1.46. The van der Waals surface area contributed by atoms with Crippen LogP contribution in [0.2, 0.25) is 0 Å². The van der Waals surface area contributed by atoms with Crippen molar-refractivity contribution in [3.05, 3.63) is 34.4 Å². The molecule has 8 atom stereocenters. The fraction of sp³-hybridized carbons (Fsp3) is 0.750. The molecule has 29 heavy (non-hydrogen) atoms. The molecule has 0 spiro atoms. The maximum atomic E-state index is 13.3. The molecule has 0 aromatic carbocycles. The van der Waals surface area contributed by atoms with Gasteiger partial charge >= 0.3 is 5.63 Å². The summed E-state index contributed by atoms with van der Waals surface area (Å²) in [6.45, 7) is 4.46. The van der Waals surface area contributed by atoms with Gasteiger partial charge in [-0.1, -0.05) is 13.8 Å². The van der Waals surface area contributed by atoms with Gasteiger partial charge < -0.3 is 14.6 Å². The number of hydrogen-bond donors (Lipinski definition) is 2. The van der Waals surface area contributed by atoms with Crippen molar-refractivity contribution in [2.75, 3.05) is 0 Å². The lowest BCUT2D eigenvalue weighted by Crippen LogP contribution is -2.63. The largest absolute Gasteiger partial charge is 0.431 e. The van der Waals surface area contributed by atoms with Crippen molar-refractivity contribution in [2.24, 2.45) is 28.6 Å². The monoisotopic (exact) mass is 400 g/mol. The van der Waals surface area contributed by atoms with E-state index in [1.807, 2.05) is 6.07 Å². The van der Waals surface area contributed by atoms with Gasteiger partial charge in [0.05, 0.1) is 18.0 Å². The molecule has 1 aromatic rings. The number of carbonyl (C=O) groups is 1. The summed E-state index contributed by atoms with van der Waals surface area (Å²) in [7, 11) is 0. The van der Waals surface area contributed by atoms with Crippen molar-refractivity contribution in [1.82, 2.24) is 0 Å². The number of aliphatic hydroxyl groups excluding tert-OH is 1. The van der Waals surface area contributed by atoms with Crippen LogP contribution in [0.5, 0.6) is 0 Å². The average Bonchev–Trinajstić information content (AvgIpc) is 2.94. The van der Waals surface area contributed by atoms with Crippen molar-refractivity contribution in [3.8, 4) is 0 Å². The molecule has 4 aliphatic rings. The topological polar surface area (TPSA) is 87.7 Å². The Balaban J connectivity index is 1.50. The highest BCUT2D eigenvalue weighted by Crippen LogP contribution is 2.68. The van der Waals surface area contributed by atoms with E-state index in [4.69, 9.17) is 4.42 Å². The zero-order valence-corrected chi connectivity index (χ0v) is 17.4. The molecule has 0 aliphatic heterocycles. The molecular formula is C24H32O5. The van der Waals surface area contributed by atoms with Crippen LogP contribution in [0.25, 0.3) is 0 Å². The van der Waals surface area contributed by atoms with Crippen LogP contribution in [0, 0.1) is 28.6 Å². The third-order valence-electron chi connectivity index (χ3n) is 9.67. The molecule has 158 valence electrons. The number of rotatable bonds is 1. The molecule has 4 aliphatic carbocycles. The van der Waals surface area contributed by atoms with Crippen LogP contribution in [-0.4, -0.2) is 27.7 Å². The number of fused-ring (bicyclic) bond motifs is 5. The van der Waals surface area contributed by atoms with Crippen molar-refractivity contribution in [3.63, 3.8) is 0 Å². The minimum absolute atomic E-state index is 0.00593. The summed E-state index contributed by atoms with van der Waals surface area (Å²) in [6.07, 6.45) is 7.16. The standard InChI is InChI=1S/C24H32O5/c1-22-8-7-17-16(6-10-24(28)12-15(25)5-9-23(17,24)2)21(22)19(26)11-18(22)14-3-4-20(27)29-13-14/h3-4,13,15-18,21,25,28H,5-12H2,1-2H3/t15-,16+,17-,18+,21+,22+,23+,24-/m0/s1. The van der Waals surface area contributed by atoms with E-state index in [1.165, 1.54) is 6.07 Å². The SMILES string of the molecule is C[C@]12CC[C@H]3[C@@H](CC[C@]4(O)C[C@@H](O)CC[C@]34C)[C@@H]1C(=O)C[C@@H]2c1ccc(=O)oc1. The average molecular weight is 401 g/mol. The molecular weight excluding hydrogens is 368 g/mol. The first-order valence-electron chi connectivity index (χ1n) is 11.2. The minimum atomic E-state index is -0.816. The van der Waals surface area contributed by atoms with E-state index >= 15 is 0 Å². The maximum Gasteiger partial charge on any atom is 0.335 e. The van der Waals surface area contributed by atoms with Gasteiger partial charge in [-0.05, 0) is 78.7 Å². The summed E-state index contributed by atoms with van der Waals surface area (Å²) < 4.78 is 5.12. The number of aliphatic hydroxyl groups is 2. The third-order valence-corrected chi connectivity index (χ3v) is 9.67. The lowest BCUT2D eigenvalue weighted by Gasteiger charge is -2.63. The van der Waals surface area contributed by atoms with E-state index in [1.54, 1.807) is 6.26 Å². The van der Waals surface area contributed by atoms with Gasteiger partial charge in [0, 0.05) is 24.8 Å². The summed E-state index contributed by atoms with van der Waals surface area (Å²) in [5.41, 5.74) is -0.570. The van der Waals surface area contributed by atoms with Gasteiger partial charge in [0.2, 0.25) is 0 Å². The lowest BCUT2D eigenvalue weighted by atomic mass is 9.43. The Labute approximate surface area is 171 Å². The predicted molar refractivity (Wildman–Crippen MR) is 107 cm³/mol. The van der Waals surface area contributed by atoms with Crippen LogP contribution in [0.3, 0.4) is 0 Å². The molecule has 0 saturated heterocycles. The molecule has 0 radical (unpaired) electrons. The van der Waals surface area contributed by atoms with Gasteiger partial charge in [0.25, 0.3) is 0 Å². The first-order valence-corrected chi connectivity index (χ1v) is 11.2. The van der Waals surface area contributed by atoms with E-state index < -0.39 is 11.7 Å². The molecule has 5 rings (SSSR count). The summed E-state index contributed by atoms with van der Waals surface area (Å²) in [6, 6.07) is 3.28. The Morgan fingerprint density at radius 2 is 1.86 bits per heavy atom. The number of carbonyl (C=O) groups excluding carboxylic acids is 1. The predicted octanol–water partition coefficient (Wildman–Crippen LogP) is 3.42. The van der Waals surface area contributed by atoms with Crippen molar-refractivity contribution in [2.45, 2.75) is 82.8 Å². The fourth-order valence-corrected chi connectivity index (χ4v) is 8.09. The lowest BCUT2D eigenvalue weighted by molar-refractivity contribution is -0.217. The van der Waals surface area contributed by atoms with Crippen LogP contribution in [0.4, 0.5) is 0 Å². The molecule has 0 unspecified atom stereocenters. The zero-order chi connectivity index (χ0) is 20.6. The van der Waals surface area contributed by atoms with Crippen LogP contribution in [0.1, 0.15) is 76.7 Å². The summed E-state index contributed by atoms with van der Waals surface area (Å²) in [4.78, 5) is 24.7. The first-order chi connectivity index (χ1) is 13.7. The molecule has 1 heterocycles. The van der Waals surface area contributed by atoms with E-state index in [0.29, 0.717) is 36.9 Å². The van der Waals surface area contributed by atoms with E-state index in [9.17, 15) is 19.8 Å². The smallest absolute Gasteiger partial charge is 0.335 e. The highest BCUT2D eigenvalue weighted by atomic mass is 16.4. The third kappa shape index (κ3) is 2.59. The molecule has 4 fully saturated rings. The van der Waals surface area contributed by atoms with Crippen molar-refractivity contribution < 1.29 is 19.4 Å². The molecule has 1 aromatic heterocycles. The number of Topliss-reactive ketones (excluding diaryl/α,β-unsaturated/α-hetero) is 1. The first kappa shape index (κ1) is 19.5. The molecule has 2 N–H and O–H groups in total. The van der Waals surface area contributed by atoms with E-state index in [2.05, 4.69) is 13.8 Å². The van der Waals surface area contributed by atoms with Gasteiger partial charge in [-0.3, -0.25) is 4.79 Å². The number of ketones is 1. The van der Waals surface area contributed by atoms with E-state index in [0.717, 1.165) is 37.7 Å². The van der Waals surface area contributed by atoms with Crippen LogP contribution in [-0.2, 0) is 4.79 Å². The molecule has 0 amide bonds. The van der Waals surface area contributed by atoms with Gasteiger partial charge in [-0.25, -0.2) is 4.79 Å². The Morgan fingerprint density at radius 1 is 1.07 bits per heavy atom. The normalized spacial score (nSPS) is 49.2. The quantitative estimate of drug-likeness (QED) is 0.754. The Morgan fingerprint density at radius 3 is 2.59 bits per heavy atom. The minimum Gasteiger partial charge on any atom is -0.431 e. The molecule has 5 heteroatoms. The summed E-state index contributed by atoms with van der Waals surface area (Å²) in [5.74, 6) is 1.05.